The van der Waals surface area contributed by atoms with Crippen molar-refractivity contribution in [2.75, 3.05) is 0 Å². The van der Waals surface area contributed by atoms with E-state index in [1.807, 2.05) is 18.0 Å². The largest absolute Gasteiger partial charge is 0.256 e. The summed E-state index contributed by atoms with van der Waals surface area (Å²) in [6.45, 7) is 0. The molecule has 4 rings (SSSR count). The zero-order chi connectivity index (χ0) is 12.1. The highest BCUT2D eigenvalue weighted by atomic mass is 79.9. The molecule has 0 saturated carbocycles. The molecule has 0 unspecified atom stereocenters. The maximum atomic E-state index is 4.45. The highest BCUT2D eigenvalue weighted by Gasteiger charge is 2.19. The van der Waals surface area contributed by atoms with E-state index in [9.17, 15) is 0 Å². The molecule has 0 N–H and O–H groups in total. The van der Waals surface area contributed by atoms with Gasteiger partial charge in [-0.1, -0.05) is 33.8 Å². The van der Waals surface area contributed by atoms with Crippen molar-refractivity contribution in [3.05, 3.63) is 53.1 Å². The van der Waals surface area contributed by atoms with E-state index in [0.717, 1.165) is 9.99 Å². The second-order valence-electron chi connectivity index (χ2n) is 4.25. The fraction of sp³-hybridized carbons (Fsp3) is 0. The van der Waals surface area contributed by atoms with Gasteiger partial charge in [0.15, 0.2) is 0 Å². The molecule has 0 spiro atoms. The molecule has 2 aromatic carbocycles. The third-order valence-electron chi connectivity index (χ3n) is 3.18. The van der Waals surface area contributed by atoms with Crippen LogP contribution in [-0.2, 0) is 0 Å². The van der Waals surface area contributed by atoms with E-state index in [2.05, 4.69) is 63.4 Å². The van der Waals surface area contributed by atoms with E-state index in [0.29, 0.717) is 0 Å². The number of aromatic nitrogens is 1. The van der Waals surface area contributed by atoms with Gasteiger partial charge in [0.2, 0.25) is 0 Å². The summed E-state index contributed by atoms with van der Waals surface area (Å²) in [6.07, 6.45) is 1.89. The Morgan fingerprint density at radius 3 is 2.83 bits per heavy atom. The SMILES string of the molecule is Brc1ccc2c(c1)-c1ccnc3cccc(c13)S2. The van der Waals surface area contributed by atoms with Gasteiger partial charge in [-0.25, -0.2) is 0 Å². The summed E-state index contributed by atoms with van der Waals surface area (Å²) in [7, 11) is 0. The van der Waals surface area contributed by atoms with Crippen molar-refractivity contribution in [1.29, 1.82) is 0 Å². The Balaban J connectivity index is 2.18. The van der Waals surface area contributed by atoms with Gasteiger partial charge in [-0.15, -0.1) is 0 Å². The van der Waals surface area contributed by atoms with E-state index in [-0.39, 0.29) is 0 Å². The number of nitrogens with zero attached hydrogens (tertiary/aromatic N) is 1. The van der Waals surface area contributed by atoms with Crippen LogP contribution in [0.4, 0.5) is 0 Å². The van der Waals surface area contributed by atoms with Crippen molar-refractivity contribution in [2.45, 2.75) is 9.79 Å². The highest BCUT2D eigenvalue weighted by molar-refractivity contribution is 9.10. The monoisotopic (exact) mass is 313 g/mol. The molecule has 1 aliphatic heterocycles. The third-order valence-corrected chi connectivity index (χ3v) is 4.81. The highest BCUT2D eigenvalue weighted by Crippen LogP contribution is 2.47. The van der Waals surface area contributed by atoms with E-state index in [4.69, 9.17) is 0 Å². The molecule has 2 heterocycles. The van der Waals surface area contributed by atoms with Crippen molar-refractivity contribution in [2.24, 2.45) is 0 Å². The Morgan fingerprint density at radius 2 is 1.89 bits per heavy atom. The molecule has 1 aliphatic rings. The second kappa shape index (κ2) is 3.84. The fourth-order valence-electron chi connectivity index (χ4n) is 2.40. The Labute approximate surface area is 117 Å². The lowest BCUT2D eigenvalue weighted by Gasteiger charge is -2.19. The molecule has 3 heteroatoms. The third kappa shape index (κ3) is 1.44. The van der Waals surface area contributed by atoms with Crippen molar-refractivity contribution >= 4 is 38.6 Å². The quantitative estimate of drug-likeness (QED) is 0.446. The van der Waals surface area contributed by atoms with E-state index in [1.54, 1.807) is 0 Å². The van der Waals surface area contributed by atoms with Crippen LogP contribution in [0.3, 0.4) is 0 Å². The van der Waals surface area contributed by atoms with Crippen molar-refractivity contribution in [3.8, 4) is 11.1 Å². The van der Waals surface area contributed by atoms with Crippen LogP contribution in [0.15, 0.2) is 62.9 Å². The number of rotatable bonds is 0. The molecule has 1 aromatic heterocycles. The lowest BCUT2D eigenvalue weighted by molar-refractivity contribution is 1.34. The topological polar surface area (TPSA) is 12.9 Å². The summed E-state index contributed by atoms with van der Waals surface area (Å²) < 4.78 is 1.12. The first-order chi connectivity index (χ1) is 8.83. The van der Waals surface area contributed by atoms with Crippen LogP contribution >= 0.6 is 27.7 Å². The lowest BCUT2D eigenvalue weighted by Crippen LogP contribution is -1.93. The Morgan fingerprint density at radius 1 is 0.944 bits per heavy atom. The molecular weight excluding hydrogens is 306 g/mol. The van der Waals surface area contributed by atoms with Crippen LogP contribution in [0.5, 0.6) is 0 Å². The molecule has 18 heavy (non-hydrogen) atoms. The summed E-state index contributed by atoms with van der Waals surface area (Å²) in [4.78, 5) is 7.06. The predicted molar refractivity (Wildman–Crippen MR) is 79.0 cm³/mol. The maximum absolute atomic E-state index is 4.45. The Kier molecular flexibility index (Phi) is 2.26. The first-order valence-corrected chi connectivity index (χ1v) is 7.29. The van der Waals surface area contributed by atoms with Crippen LogP contribution in [0, 0.1) is 0 Å². The number of pyridine rings is 1. The summed E-state index contributed by atoms with van der Waals surface area (Å²) in [6, 6.07) is 14.9. The molecule has 1 nitrogen and oxygen atoms in total. The molecule has 86 valence electrons. The van der Waals surface area contributed by atoms with E-state index < -0.39 is 0 Å². The van der Waals surface area contributed by atoms with Gasteiger partial charge < -0.3 is 0 Å². The zero-order valence-corrected chi connectivity index (χ0v) is 11.8. The predicted octanol–water partition coefficient (Wildman–Crippen LogP) is 5.13. The second-order valence-corrected chi connectivity index (χ2v) is 6.25. The molecule has 0 atom stereocenters. The van der Waals surface area contributed by atoms with Gasteiger partial charge in [0.25, 0.3) is 0 Å². The van der Waals surface area contributed by atoms with Gasteiger partial charge >= 0.3 is 0 Å². The first-order valence-electron chi connectivity index (χ1n) is 5.68. The summed E-state index contributed by atoms with van der Waals surface area (Å²) in [5.41, 5.74) is 3.65. The molecule has 0 amide bonds. The Bertz CT molecular complexity index is 777. The first kappa shape index (κ1) is 10.6. The van der Waals surface area contributed by atoms with Gasteiger partial charge in [-0.2, -0.15) is 0 Å². The standard InChI is InChI=1S/C15H8BrNS/c16-9-4-5-13-11(8-9)10-6-7-17-12-2-1-3-14(18-13)15(10)12/h1-8H. The van der Waals surface area contributed by atoms with Crippen LogP contribution in [-0.4, -0.2) is 4.98 Å². The summed E-state index contributed by atoms with van der Waals surface area (Å²) in [5, 5.41) is 1.27. The van der Waals surface area contributed by atoms with E-state index in [1.165, 1.54) is 26.3 Å². The van der Waals surface area contributed by atoms with Gasteiger partial charge in [-0.05, 0) is 47.5 Å². The molecule has 0 bridgehead atoms. The van der Waals surface area contributed by atoms with Gasteiger partial charge in [0, 0.05) is 25.8 Å². The van der Waals surface area contributed by atoms with Crippen molar-refractivity contribution in [1.82, 2.24) is 4.98 Å². The molecule has 0 aliphatic carbocycles. The van der Waals surface area contributed by atoms with Crippen LogP contribution in [0.25, 0.3) is 22.0 Å². The van der Waals surface area contributed by atoms with Crippen LogP contribution in [0.2, 0.25) is 0 Å². The minimum absolute atomic E-state index is 1.07. The van der Waals surface area contributed by atoms with Crippen molar-refractivity contribution in [3.63, 3.8) is 0 Å². The lowest BCUT2D eigenvalue weighted by atomic mass is 10.0. The normalized spacial score (nSPS) is 12.5. The number of hydrogen-bond donors (Lipinski definition) is 0. The molecular formula is C15H8BrNS. The molecule has 0 fully saturated rings. The molecule has 0 saturated heterocycles. The Hall–Kier alpha value is -1.32. The number of fused-ring (bicyclic) bond motifs is 2. The fourth-order valence-corrected chi connectivity index (χ4v) is 3.88. The van der Waals surface area contributed by atoms with Crippen LogP contribution in [0.1, 0.15) is 0 Å². The average Bonchev–Trinajstić information content (AvgIpc) is 2.40. The molecule has 3 aromatic rings. The van der Waals surface area contributed by atoms with Gasteiger partial charge in [0.1, 0.15) is 0 Å². The average molecular weight is 314 g/mol. The summed E-state index contributed by atoms with van der Waals surface area (Å²) >= 11 is 5.38. The van der Waals surface area contributed by atoms with Gasteiger partial charge in [0.05, 0.1) is 5.52 Å². The number of benzene rings is 2. The molecule has 0 radical (unpaired) electrons. The minimum atomic E-state index is 1.07. The van der Waals surface area contributed by atoms with Crippen LogP contribution < -0.4 is 0 Å². The zero-order valence-electron chi connectivity index (χ0n) is 9.35. The van der Waals surface area contributed by atoms with Gasteiger partial charge in [-0.3, -0.25) is 4.98 Å². The number of halogens is 1. The summed E-state index contributed by atoms with van der Waals surface area (Å²) in [5.74, 6) is 0. The smallest absolute Gasteiger partial charge is 0.0719 e. The number of hydrogen-bond acceptors (Lipinski definition) is 2. The van der Waals surface area contributed by atoms with Crippen molar-refractivity contribution < 1.29 is 0 Å². The minimum Gasteiger partial charge on any atom is -0.256 e. The van der Waals surface area contributed by atoms with E-state index >= 15 is 0 Å². The maximum Gasteiger partial charge on any atom is 0.0719 e.